The van der Waals surface area contributed by atoms with E-state index in [1.807, 2.05) is 0 Å². The summed E-state index contributed by atoms with van der Waals surface area (Å²) in [5, 5.41) is 0. The van der Waals surface area contributed by atoms with E-state index in [4.69, 9.17) is 4.42 Å². The number of aryl methyl sites for hydroxylation is 1. The maximum absolute atomic E-state index is 12.4. The smallest absolute Gasteiger partial charge is 0.416 e. The fourth-order valence-electron chi connectivity index (χ4n) is 1.59. The van der Waals surface area contributed by atoms with E-state index < -0.39 is 11.7 Å². The predicted octanol–water partition coefficient (Wildman–Crippen LogP) is 3.84. The summed E-state index contributed by atoms with van der Waals surface area (Å²) in [6, 6.07) is 5.61. The normalized spacial score (nSPS) is 11.6. The lowest BCUT2D eigenvalue weighted by atomic mass is 10.0. The highest BCUT2D eigenvalue weighted by Crippen LogP contribution is 2.29. The molecule has 0 radical (unpaired) electrons. The highest BCUT2D eigenvalue weighted by atomic mass is 19.4. The molecule has 0 saturated carbocycles. The van der Waals surface area contributed by atoms with Crippen molar-refractivity contribution >= 4 is 5.78 Å². The number of rotatable bonds is 2. The molecule has 0 aliphatic heterocycles. The summed E-state index contributed by atoms with van der Waals surface area (Å²) in [5.74, 6) is 0.0925. The van der Waals surface area contributed by atoms with Gasteiger partial charge in [0, 0.05) is 5.56 Å². The predicted molar refractivity (Wildman–Crippen MR) is 58.3 cm³/mol. The summed E-state index contributed by atoms with van der Waals surface area (Å²) in [5.41, 5.74) is -0.217. The van der Waals surface area contributed by atoms with Gasteiger partial charge < -0.3 is 4.42 Å². The molecule has 0 bridgehead atoms. The van der Waals surface area contributed by atoms with Gasteiger partial charge in [-0.3, -0.25) is 4.79 Å². The zero-order valence-electron chi connectivity index (χ0n) is 9.41. The summed E-state index contributed by atoms with van der Waals surface area (Å²) in [6.45, 7) is 1.62. The Balaban J connectivity index is 2.31. The zero-order valence-corrected chi connectivity index (χ0v) is 9.41. The van der Waals surface area contributed by atoms with Crippen molar-refractivity contribution in [1.29, 1.82) is 0 Å². The van der Waals surface area contributed by atoms with Gasteiger partial charge in [-0.15, -0.1) is 0 Å². The van der Waals surface area contributed by atoms with Crippen LogP contribution < -0.4 is 0 Å². The molecule has 2 nitrogen and oxygen atoms in total. The first-order chi connectivity index (χ1) is 8.39. The number of ketones is 1. The molecule has 1 aromatic carbocycles. The maximum Gasteiger partial charge on any atom is 0.416 e. The third-order valence-corrected chi connectivity index (χ3v) is 2.58. The number of hydrogen-bond donors (Lipinski definition) is 0. The second kappa shape index (κ2) is 4.33. The monoisotopic (exact) mass is 254 g/mol. The second-order valence-corrected chi connectivity index (χ2v) is 3.79. The van der Waals surface area contributed by atoms with Gasteiger partial charge in [-0.2, -0.15) is 13.2 Å². The Morgan fingerprint density at radius 3 is 2.17 bits per heavy atom. The molecule has 2 rings (SSSR count). The molecular weight excluding hydrogens is 245 g/mol. The molecule has 0 spiro atoms. The quantitative estimate of drug-likeness (QED) is 0.762. The fraction of sp³-hybridized carbons (Fsp3) is 0.154. The molecule has 0 fully saturated rings. The standard InChI is InChI=1S/C13H9F3O2/c1-8-11(6-7-18-8)12(17)9-2-4-10(5-3-9)13(14,15)16/h2-7H,1H3. The number of carbonyl (C=O) groups is 1. The zero-order chi connectivity index (χ0) is 13.3. The summed E-state index contributed by atoms with van der Waals surface area (Å²) < 4.78 is 42.1. The van der Waals surface area contributed by atoms with Gasteiger partial charge in [0.1, 0.15) is 5.76 Å². The molecule has 0 atom stereocenters. The van der Waals surface area contributed by atoms with E-state index in [1.54, 1.807) is 6.92 Å². The van der Waals surface area contributed by atoms with Gasteiger partial charge in [0.15, 0.2) is 5.78 Å². The summed E-state index contributed by atoms with van der Waals surface area (Å²) in [4.78, 5) is 11.9. The number of alkyl halides is 3. The average Bonchev–Trinajstić information content (AvgIpc) is 2.73. The topological polar surface area (TPSA) is 30.2 Å². The van der Waals surface area contributed by atoms with Crippen molar-refractivity contribution < 1.29 is 22.4 Å². The fourth-order valence-corrected chi connectivity index (χ4v) is 1.59. The van der Waals surface area contributed by atoms with Gasteiger partial charge >= 0.3 is 6.18 Å². The van der Waals surface area contributed by atoms with E-state index in [-0.39, 0.29) is 11.3 Å². The number of benzene rings is 1. The van der Waals surface area contributed by atoms with E-state index in [0.29, 0.717) is 11.3 Å². The van der Waals surface area contributed by atoms with Gasteiger partial charge in [0.2, 0.25) is 0 Å². The van der Waals surface area contributed by atoms with Crippen molar-refractivity contribution in [3.63, 3.8) is 0 Å². The van der Waals surface area contributed by atoms with Crippen LogP contribution >= 0.6 is 0 Å². The highest BCUT2D eigenvalue weighted by molar-refractivity contribution is 6.09. The lowest BCUT2D eigenvalue weighted by Crippen LogP contribution is -2.06. The average molecular weight is 254 g/mol. The van der Waals surface area contributed by atoms with E-state index in [2.05, 4.69) is 0 Å². The number of carbonyl (C=O) groups excluding carboxylic acids is 1. The molecule has 0 aliphatic carbocycles. The largest absolute Gasteiger partial charge is 0.469 e. The molecule has 1 aromatic heterocycles. The van der Waals surface area contributed by atoms with E-state index in [0.717, 1.165) is 24.3 Å². The Labute approximate surface area is 101 Å². The van der Waals surface area contributed by atoms with Crippen LogP contribution in [0.5, 0.6) is 0 Å². The van der Waals surface area contributed by atoms with E-state index in [9.17, 15) is 18.0 Å². The molecule has 0 amide bonds. The van der Waals surface area contributed by atoms with Gasteiger partial charge in [-0.05, 0) is 25.1 Å². The van der Waals surface area contributed by atoms with Crippen molar-refractivity contribution in [2.45, 2.75) is 13.1 Å². The number of halogens is 3. The van der Waals surface area contributed by atoms with Crippen LogP contribution in [-0.4, -0.2) is 5.78 Å². The van der Waals surface area contributed by atoms with Crippen LogP contribution in [0.1, 0.15) is 27.2 Å². The van der Waals surface area contributed by atoms with Crippen molar-refractivity contribution in [3.05, 3.63) is 59.0 Å². The molecule has 1 heterocycles. The molecular formula is C13H9F3O2. The molecule has 0 saturated heterocycles. The lowest BCUT2D eigenvalue weighted by Gasteiger charge is -2.06. The van der Waals surface area contributed by atoms with Gasteiger partial charge in [-0.25, -0.2) is 0 Å². The molecule has 5 heteroatoms. The van der Waals surface area contributed by atoms with Gasteiger partial charge in [0.25, 0.3) is 0 Å². The van der Waals surface area contributed by atoms with Crippen LogP contribution in [-0.2, 0) is 6.18 Å². The minimum Gasteiger partial charge on any atom is -0.469 e. The van der Waals surface area contributed by atoms with Crippen LogP contribution in [0.2, 0.25) is 0 Å². The Morgan fingerprint density at radius 1 is 1.11 bits per heavy atom. The molecule has 94 valence electrons. The minimum atomic E-state index is -4.40. The third kappa shape index (κ3) is 2.30. The Bertz CT molecular complexity index is 565. The molecule has 18 heavy (non-hydrogen) atoms. The van der Waals surface area contributed by atoms with Gasteiger partial charge in [-0.1, -0.05) is 12.1 Å². The molecule has 0 unspecified atom stereocenters. The summed E-state index contributed by atoms with van der Waals surface area (Å²) in [6.07, 6.45) is -3.03. The van der Waals surface area contributed by atoms with E-state index >= 15 is 0 Å². The Hall–Kier alpha value is -2.04. The minimum absolute atomic E-state index is 0.201. The molecule has 2 aromatic rings. The van der Waals surface area contributed by atoms with Crippen LogP contribution in [0.4, 0.5) is 13.2 Å². The molecule has 0 aliphatic rings. The lowest BCUT2D eigenvalue weighted by molar-refractivity contribution is -0.137. The Morgan fingerprint density at radius 2 is 1.72 bits per heavy atom. The van der Waals surface area contributed by atoms with Gasteiger partial charge in [0.05, 0.1) is 17.4 Å². The van der Waals surface area contributed by atoms with Crippen molar-refractivity contribution in [1.82, 2.24) is 0 Å². The molecule has 0 N–H and O–H groups in total. The van der Waals surface area contributed by atoms with Crippen LogP contribution in [0.3, 0.4) is 0 Å². The first-order valence-electron chi connectivity index (χ1n) is 5.15. The van der Waals surface area contributed by atoms with Crippen molar-refractivity contribution in [3.8, 4) is 0 Å². The van der Waals surface area contributed by atoms with E-state index in [1.165, 1.54) is 12.3 Å². The Kier molecular flexibility index (Phi) is 2.98. The van der Waals surface area contributed by atoms with Crippen molar-refractivity contribution in [2.75, 3.05) is 0 Å². The maximum atomic E-state index is 12.4. The third-order valence-electron chi connectivity index (χ3n) is 2.58. The number of hydrogen-bond acceptors (Lipinski definition) is 2. The van der Waals surface area contributed by atoms with Crippen LogP contribution in [0.15, 0.2) is 41.0 Å². The van der Waals surface area contributed by atoms with Crippen LogP contribution in [0, 0.1) is 6.92 Å². The first kappa shape index (κ1) is 12.4. The second-order valence-electron chi connectivity index (χ2n) is 3.79. The summed E-state index contributed by atoms with van der Waals surface area (Å²) in [7, 11) is 0. The summed E-state index contributed by atoms with van der Waals surface area (Å²) >= 11 is 0. The SMILES string of the molecule is Cc1occc1C(=O)c1ccc(C(F)(F)F)cc1. The van der Waals surface area contributed by atoms with Crippen LogP contribution in [0.25, 0.3) is 0 Å². The van der Waals surface area contributed by atoms with Crippen molar-refractivity contribution in [2.24, 2.45) is 0 Å². The number of furan rings is 1. The first-order valence-corrected chi connectivity index (χ1v) is 5.15. The highest BCUT2D eigenvalue weighted by Gasteiger charge is 2.30.